The number of likely N-dealkylation sites (tertiary alicyclic amines) is 1. The number of hydrogen-bond acceptors (Lipinski definition) is 1. The monoisotopic (exact) mass is 258 g/mol. The number of quaternary nitrogens is 1. The molecule has 0 radical (unpaired) electrons. The highest BCUT2D eigenvalue weighted by Crippen LogP contribution is 2.18. The Kier molecular flexibility index (Phi) is 5.01. The van der Waals surface area contributed by atoms with Crippen LogP contribution in [0.25, 0.3) is 0 Å². The van der Waals surface area contributed by atoms with Crippen molar-refractivity contribution in [3.05, 3.63) is 35.9 Å². The van der Waals surface area contributed by atoms with E-state index in [0.29, 0.717) is 0 Å². The van der Waals surface area contributed by atoms with Crippen LogP contribution >= 0.6 is 0 Å². The molecule has 2 nitrogen and oxygen atoms in total. The molecule has 1 atom stereocenters. The van der Waals surface area contributed by atoms with Crippen molar-refractivity contribution < 1.29 is 10.0 Å². The molecule has 0 bridgehead atoms. The molecule has 1 aliphatic heterocycles. The molecule has 1 saturated heterocycles. The number of hydrogen-bond donors (Lipinski definition) is 2. The first-order chi connectivity index (χ1) is 9.18. The second-order valence-corrected chi connectivity index (χ2v) is 5.58. The molecule has 1 aromatic carbocycles. The summed E-state index contributed by atoms with van der Waals surface area (Å²) in [6, 6.07) is 9.67. The lowest BCUT2D eigenvalue weighted by Gasteiger charge is -2.17. The number of rotatable bonds is 2. The second kappa shape index (κ2) is 6.75. The minimum atomic E-state index is -1.04. The van der Waals surface area contributed by atoms with Crippen molar-refractivity contribution in [1.82, 2.24) is 0 Å². The Bertz CT molecular complexity index is 433. The quantitative estimate of drug-likeness (QED) is 0.769. The molecule has 2 rings (SSSR count). The second-order valence-electron chi connectivity index (χ2n) is 5.58. The van der Waals surface area contributed by atoms with Gasteiger partial charge in [-0.3, -0.25) is 0 Å². The number of aliphatic hydroxyl groups is 1. The van der Waals surface area contributed by atoms with Gasteiger partial charge in [0.05, 0.1) is 13.1 Å². The average molecular weight is 258 g/mol. The maximum Gasteiger partial charge on any atom is 0.148 e. The van der Waals surface area contributed by atoms with Crippen molar-refractivity contribution in [2.45, 2.75) is 38.2 Å². The molecule has 0 spiro atoms. The Morgan fingerprint density at radius 3 is 2.37 bits per heavy atom. The van der Waals surface area contributed by atoms with Gasteiger partial charge in [-0.05, 0) is 44.1 Å². The summed E-state index contributed by atoms with van der Waals surface area (Å²) < 4.78 is 0. The van der Waals surface area contributed by atoms with E-state index in [2.05, 4.69) is 11.8 Å². The van der Waals surface area contributed by atoms with Gasteiger partial charge in [0.25, 0.3) is 0 Å². The van der Waals surface area contributed by atoms with Gasteiger partial charge in [0.15, 0.2) is 0 Å². The van der Waals surface area contributed by atoms with Crippen molar-refractivity contribution in [2.75, 3.05) is 19.6 Å². The van der Waals surface area contributed by atoms with Crippen LogP contribution in [0.5, 0.6) is 0 Å². The summed E-state index contributed by atoms with van der Waals surface area (Å²) in [6.45, 7) is 5.07. The van der Waals surface area contributed by atoms with Crippen molar-refractivity contribution in [2.24, 2.45) is 0 Å². The van der Waals surface area contributed by atoms with Crippen LogP contribution in [-0.2, 0) is 5.60 Å². The van der Waals surface area contributed by atoms with Crippen LogP contribution in [0.15, 0.2) is 30.3 Å². The molecule has 102 valence electrons. The Labute approximate surface area is 116 Å². The summed E-state index contributed by atoms with van der Waals surface area (Å²) in [6.07, 6.45) is 5.34. The normalized spacial score (nSPS) is 19.9. The molecule has 1 aliphatic rings. The van der Waals surface area contributed by atoms with Crippen LogP contribution in [0, 0.1) is 11.8 Å². The molecule has 1 aromatic rings. The first-order valence-corrected chi connectivity index (χ1v) is 7.30. The van der Waals surface area contributed by atoms with Crippen molar-refractivity contribution >= 4 is 0 Å². The molecule has 2 N–H and O–H groups in total. The van der Waals surface area contributed by atoms with Crippen LogP contribution in [-0.4, -0.2) is 24.7 Å². The lowest BCUT2D eigenvalue weighted by Crippen LogP contribution is -3.11. The fourth-order valence-electron chi connectivity index (χ4n) is 2.58. The molecular formula is C17H24NO+. The molecule has 0 amide bonds. The summed E-state index contributed by atoms with van der Waals surface area (Å²) in [4.78, 5) is 1.56. The van der Waals surface area contributed by atoms with E-state index in [9.17, 15) is 5.11 Å². The van der Waals surface area contributed by atoms with E-state index >= 15 is 0 Å². The lowest BCUT2D eigenvalue weighted by atomic mass is 9.97. The van der Waals surface area contributed by atoms with Gasteiger partial charge in [-0.1, -0.05) is 36.3 Å². The van der Waals surface area contributed by atoms with Crippen LogP contribution in [0.1, 0.15) is 38.2 Å². The standard InChI is InChI=1S/C17H23NO/c1-17(19,16-10-5-4-6-11-16)12-9-15-18-13-7-2-3-8-14-18/h4-6,10-11,19H,2-3,7-8,13-15H2,1H3/p+1. The zero-order chi connectivity index (χ0) is 13.6. The Balaban J connectivity index is 1.95. The maximum absolute atomic E-state index is 10.4. The zero-order valence-corrected chi connectivity index (χ0v) is 11.8. The maximum atomic E-state index is 10.4. The minimum absolute atomic E-state index is 0.850. The predicted octanol–water partition coefficient (Wildman–Crippen LogP) is 1.36. The summed E-state index contributed by atoms with van der Waals surface area (Å²) in [5, 5.41) is 10.4. The van der Waals surface area contributed by atoms with Crippen LogP contribution in [0.2, 0.25) is 0 Å². The average Bonchev–Trinajstić information content (AvgIpc) is 2.68. The number of benzene rings is 1. The van der Waals surface area contributed by atoms with Gasteiger partial charge in [0.1, 0.15) is 12.1 Å². The third-order valence-electron chi connectivity index (χ3n) is 3.82. The van der Waals surface area contributed by atoms with Gasteiger partial charge in [-0.25, -0.2) is 0 Å². The molecule has 0 aromatic heterocycles. The van der Waals surface area contributed by atoms with E-state index in [1.807, 2.05) is 30.3 Å². The highest BCUT2D eigenvalue weighted by molar-refractivity contribution is 5.30. The third kappa shape index (κ3) is 4.38. The van der Waals surface area contributed by atoms with E-state index < -0.39 is 5.60 Å². The molecular weight excluding hydrogens is 234 g/mol. The molecule has 19 heavy (non-hydrogen) atoms. The summed E-state index contributed by atoms with van der Waals surface area (Å²) in [5.74, 6) is 6.21. The largest absolute Gasteiger partial charge is 0.374 e. The van der Waals surface area contributed by atoms with Crippen LogP contribution < -0.4 is 4.90 Å². The topological polar surface area (TPSA) is 24.7 Å². The van der Waals surface area contributed by atoms with E-state index in [0.717, 1.165) is 12.1 Å². The Morgan fingerprint density at radius 2 is 1.74 bits per heavy atom. The predicted molar refractivity (Wildman–Crippen MR) is 77.8 cm³/mol. The fourth-order valence-corrected chi connectivity index (χ4v) is 2.58. The van der Waals surface area contributed by atoms with Crippen LogP contribution in [0.3, 0.4) is 0 Å². The van der Waals surface area contributed by atoms with Crippen molar-refractivity contribution in [1.29, 1.82) is 0 Å². The summed E-state index contributed by atoms with van der Waals surface area (Å²) >= 11 is 0. The molecule has 2 heteroatoms. The third-order valence-corrected chi connectivity index (χ3v) is 3.82. The van der Waals surface area contributed by atoms with Gasteiger partial charge >= 0.3 is 0 Å². The highest BCUT2D eigenvalue weighted by Gasteiger charge is 2.19. The van der Waals surface area contributed by atoms with Gasteiger partial charge < -0.3 is 10.0 Å². The zero-order valence-electron chi connectivity index (χ0n) is 11.8. The van der Waals surface area contributed by atoms with E-state index in [1.54, 1.807) is 11.8 Å². The Hall–Kier alpha value is -1.30. The molecule has 0 saturated carbocycles. The SMILES string of the molecule is CC(O)(C#CC[NH+]1CCCCCC1)c1ccccc1. The first-order valence-electron chi connectivity index (χ1n) is 7.30. The van der Waals surface area contributed by atoms with Crippen LogP contribution in [0.4, 0.5) is 0 Å². The van der Waals surface area contributed by atoms with E-state index in [-0.39, 0.29) is 0 Å². The molecule has 0 aliphatic carbocycles. The van der Waals surface area contributed by atoms with E-state index in [1.165, 1.54) is 38.8 Å². The lowest BCUT2D eigenvalue weighted by molar-refractivity contribution is -0.891. The van der Waals surface area contributed by atoms with Gasteiger partial charge in [-0.2, -0.15) is 0 Å². The van der Waals surface area contributed by atoms with Gasteiger partial charge in [-0.15, -0.1) is 0 Å². The first kappa shape index (κ1) is 14.1. The Morgan fingerprint density at radius 1 is 1.11 bits per heavy atom. The van der Waals surface area contributed by atoms with E-state index in [4.69, 9.17) is 0 Å². The summed E-state index contributed by atoms with van der Waals surface area (Å²) in [5.41, 5.74) is -0.166. The number of nitrogens with one attached hydrogen (secondary N) is 1. The van der Waals surface area contributed by atoms with Crippen molar-refractivity contribution in [3.63, 3.8) is 0 Å². The van der Waals surface area contributed by atoms with Gasteiger partial charge in [0.2, 0.25) is 0 Å². The van der Waals surface area contributed by atoms with Crippen molar-refractivity contribution in [3.8, 4) is 11.8 Å². The molecule has 1 unspecified atom stereocenters. The minimum Gasteiger partial charge on any atom is -0.374 e. The molecule has 1 fully saturated rings. The molecule has 1 heterocycles. The highest BCUT2D eigenvalue weighted by atomic mass is 16.3. The fraction of sp³-hybridized carbons (Fsp3) is 0.529. The smallest absolute Gasteiger partial charge is 0.148 e. The van der Waals surface area contributed by atoms with Gasteiger partial charge in [0, 0.05) is 0 Å². The summed E-state index contributed by atoms with van der Waals surface area (Å²) in [7, 11) is 0.